The Labute approximate surface area is 122 Å². The Balaban J connectivity index is 1.87. The first kappa shape index (κ1) is 13.5. The van der Waals surface area contributed by atoms with Crippen LogP contribution < -0.4 is 5.46 Å². The molecule has 0 amide bonds. The van der Waals surface area contributed by atoms with Crippen molar-refractivity contribution in [3.63, 3.8) is 0 Å². The van der Waals surface area contributed by atoms with Gasteiger partial charge in [-0.1, -0.05) is 54.6 Å². The summed E-state index contributed by atoms with van der Waals surface area (Å²) in [5.41, 5.74) is 3.92. The van der Waals surface area contributed by atoms with Crippen molar-refractivity contribution in [3.8, 4) is 22.5 Å². The van der Waals surface area contributed by atoms with Gasteiger partial charge in [-0.25, -0.2) is 0 Å². The maximum Gasteiger partial charge on any atom is 0.488 e. The highest BCUT2D eigenvalue weighted by Crippen LogP contribution is 2.19. The van der Waals surface area contributed by atoms with Crippen molar-refractivity contribution < 1.29 is 10.0 Å². The fourth-order valence-corrected chi connectivity index (χ4v) is 2.08. The fourth-order valence-electron chi connectivity index (χ4n) is 2.08. The molecule has 0 aliphatic heterocycles. The Hall–Kier alpha value is -2.50. The number of aromatic nitrogens is 2. The van der Waals surface area contributed by atoms with Gasteiger partial charge in [-0.05, 0) is 17.6 Å². The Morgan fingerprint density at radius 3 is 1.62 bits per heavy atom. The smallest absolute Gasteiger partial charge is 0.423 e. The zero-order valence-corrected chi connectivity index (χ0v) is 11.2. The molecule has 0 unspecified atom stereocenters. The van der Waals surface area contributed by atoms with Crippen LogP contribution in [0, 0.1) is 0 Å². The lowest BCUT2D eigenvalue weighted by molar-refractivity contribution is 0.426. The normalized spacial score (nSPS) is 10.4. The molecule has 0 bridgehead atoms. The van der Waals surface area contributed by atoms with Gasteiger partial charge in [0, 0.05) is 11.1 Å². The van der Waals surface area contributed by atoms with Crippen LogP contribution in [0.4, 0.5) is 0 Å². The zero-order valence-electron chi connectivity index (χ0n) is 11.2. The van der Waals surface area contributed by atoms with E-state index in [1.165, 1.54) is 0 Å². The summed E-state index contributed by atoms with van der Waals surface area (Å²) in [6.45, 7) is 0. The van der Waals surface area contributed by atoms with Crippen molar-refractivity contribution in [3.05, 3.63) is 66.7 Å². The highest BCUT2D eigenvalue weighted by molar-refractivity contribution is 6.58. The second-order valence-corrected chi connectivity index (χ2v) is 4.67. The van der Waals surface area contributed by atoms with Crippen molar-refractivity contribution in [2.75, 3.05) is 0 Å². The van der Waals surface area contributed by atoms with E-state index in [2.05, 4.69) is 10.2 Å². The molecule has 3 aromatic rings. The standard InChI is InChI=1S/C16H13BN2O2/c20-17(21)14-8-6-13(7-9-14)16-11-10-15(18-19-16)12-4-2-1-3-5-12/h1-11,20-21H. The van der Waals surface area contributed by atoms with E-state index in [0.29, 0.717) is 5.46 Å². The zero-order chi connectivity index (χ0) is 14.7. The van der Waals surface area contributed by atoms with Gasteiger partial charge in [0.05, 0.1) is 11.4 Å². The van der Waals surface area contributed by atoms with Crippen LogP contribution in [0.15, 0.2) is 66.7 Å². The van der Waals surface area contributed by atoms with Gasteiger partial charge in [-0.2, -0.15) is 0 Å². The molecule has 0 radical (unpaired) electrons. The summed E-state index contributed by atoms with van der Waals surface area (Å²) in [6.07, 6.45) is 0. The van der Waals surface area contributed by atoms with Gasteiger partial charge < -0.3 is 10.0 Å². The highest BCUT2D eigenvalue weighted by Gasteiger charge is 2.10. The minimum absolute atomic E-state index is 0.451. The van der Waals surface area contributed by atoms with E-state index in [9.17, 15) is 0 Å². The molecular weight excluding hydrogens is 263 g/mol. The summed E-state index contributed by atoms with van der Waals surface area (Å²) < 4.78 is 0. The molecule has 0 saturated carbocycles. The molecule has 21 heavy (non-hydrogen) atoms. The van der Waals surface area contributed by atoms with Gasteiger partial charge in [0.25, 0.3) is 0 Å². The van der Waals surface area contributed by atoms with Crippen LogP contribution in [0.1, 0.15) is 0 Å². The summed E-state index contributed by atoms with van der Waals surface area (Å²) in [6, 6.07) is 20.6. The van der Waals surface area contributed by atoms with E-state index >= 15 is 0 Å². The Kier molecular flexibility index (Phi) is 3.77. The van der Waals surface area contributed by atoms with Gasteiger partial charge in [0.15, 0.2) is 0 Å². The lowest BCUT2D eigenvalue weighted by Crippen LogP contribution is -2.29. The molecule has 0 aliphatic rings. The maximum absolute atomic E-state index is 9.08. The molecule has 0 atom stereocenters. The second-order valence-electron chi connectivity index (χ2n) is 4.67. The van der Waals surface area contributed by atoms with Crippen molar-refractivity contribution in [1.29, 1.82) is 0 Å². The second kappa shape index (κ2) is 5.87. The van der Waals surface area contributed by atoms with Crippen LogP contribution in [0.25, 0.3) is 22.5 Å². The van der Waals surface area contributed by atoms with Crippen LogP contribution in [-0.2, 0) is 0 Å². The van der Waals surface area contributed by atoms with Crippen LogP contribution in [0.5, 0.6) is 0 Å². The minimum Gasteiger partial charge on any atom is -0.423 e. The monoisotopic (exact) mass is 276 g/mol. The lowest BCUT2D eigenvalue weighted by Gasteiger charge is -2.04. The molecule has 5 heteroatoms. The van der Waals surface area contributed by atoms with E-state index in [0.717, 1.165) is 22.5 Å². The van der Waals surface area contributed by atoms with Crippen molar-refractivity contribution in [1.82, 2.24) is 10.2 Å². The predicted octanol–water partition coefficient (Wildman–Crippen LogP) is 1.49. The molecule has 3 rings (SSSR count). The molecule has 0 saturated heterocycles. The summed E-state index contributed by atoms with van der Waals surface area (Å²) in [4.78, 5) is 0. The number of nitrogens with zero attached hydrogens (tertiary/aromatic N) is 2. The van der Waals surface area contributed by atoms with Crippen molar-refractivity contribution >= 4 is 12.6 Å². The van der Waals surface area contributed by atoms with E-state index in [1.54, 1.807) is 24.3 Å². The molecule has 1 aromatic heterocycles. The fraction of sp³-hybridized carbons (Fsp3) is 0. The Bertz CT molecular complexity index is 714. The van der Waals surface area contributed by atoms with Gasteiger partial charge in [0.2, 0.25) is 0 Å². The average molecular weight is 276 g/mol. The van der Waals surface area contributed by atoms with Crippen molar-refractivity contribution in [2.45, 2.75) is 0 Å². The molecule has 2 aromatic carbocycles. The first-order valence-corrected chi connectivity index (χ1v) is 6.60. The van der Waals surface area contributed by atoms with Gasteiger partial charge >= 0.3 is 7.12 Å². The predicted molar refractivity (Wildman–Crippen MR) is 82.7 cm³/mol. The molecular formula is C16H13BN2O2. The van der Waals surface area contributed by atoms with E-state index < -0.39 is 7.12 Å². The lowest BCUT2D eigenvalue weighted by atomic mass is 9.80. The summed E-state index contributed by atoms with van der Waals surface area (Å²) in [7, 11) is -1.45. The topological polar surface area (TPSA) is 66.2 Å². The number of hydrogen-bond donors (Lipinski definition) is 2. The Morgan fingerprint density at radius 1 is 0.619 bits per heavy atom. The van der Waals surface area contributed by atoms with E-state index in [-0.39, 0.29) is 0 Å². The van der Waals surface area contributed by atoms with Gasteiger partial charge in [-0.3, -0.25) is 0 Å². The summed E-state index contributed by atoms with van der Waals surface area (Å²) in [5, 5.41) is 26.6. The third-order valence-electron chi connectivity index (χ3n) is 3.24. The molecule has 4 nitrogen and oxygen atoms in total. The van der Waals surface area contributed by atoms with Gasteiger partial charge in [-0.15, -0.1) is 10.2 Å². The van der Waals surface area contributed by atoms with Gasteiger partial charge in [0.1, 0.15) is 0 Å². The van der Waals surface area contributed by atoms with Crippen molar-refractivity contribution in [2.24, 2.45) is 0 Å². The van der Waals surface area contributed by atoms with Crippen LogP contribution in [-0.4, -0.2) is 27.4 Å². The molecule has 102 valence electrons. The number of hydrogen-bond acceptors (Lipinski definition) is 4. The highest BCUT2D eigenvalue weighted by atomic mass is 16.4. The average Bonchev–Trinajstić information content (AvgIpc) is 2.56. The van der Waals surface area contributed by atoms with E-state index in [1.807, 2.05) is 42.5 Å². The molecule has 1 heterocycles. The summed E-state index contributed by atoms with van der Waals surface area (Å²) in [5.74, 6) is 0. The SMILES string of the molecule is OB(O)c1ccc(-c2ccc(-c3ccccc3)nn2)cc1. The van der Waals surface area contributed by atoms with Crippen LogP contribution in [0.2, 0.25) is 0 Å². The third-order valence-corrected chi connectivity index (χ3v) is 3.24. The first-order valence-electron chi connectivity index (χ1n) is 6.60. The van der Waals surface area contributed by atoms with Crippen LogP contribution in [0.3, 0.4) is 0 Å². The number of benzene rings is 2. The maximum atomic E-state index is 9.08. The van der Waals surface area contributed by atoms with Crippen LogP contribution >= 0.6 is 0 Å². The minimum atomic E-state index is -1.45. The third kappa shape index (κ3) is 2.99. The van der Waals surface area contributed by atoms with E-state index in [4.69, 9.17) is 10.0 Å². The molecule has 2 N–H and O–H groups in total. The largest absolute Gasteiger partial charge is 0.488 e. The number of rotatable bonds is 3. The molecule has 0 spiro atoms. The molecule has 0 fully saturated rings. The Morgan fingerprint density at radius 2 is 1.14 bits per heavy atom. The summed E-state index contributed by atoms with van der Waals surface area (Å²) >= 11 is 0. The first-order chi connectivity index (χ1) is 10.2. The molecule has 0 aliphatic carbocycles. The quantitative estimate of drug-likeness (QED) is 0.711.